The van der Waals surface area contributed by atoms with Crippen LogP contribution >= 0.6 is 0 Å². The summed E-state index contributed by atoms with van der Waals surface area (Å²) in [7, 11) is 1.49. The molecule has 0 saturated heterocycles. The van der Waals surface area contributed by atoms with E-state index in [0.717, 1.165) is 16.7 Å². The molecule has 0 aliphatic rings. The van der Waals surface area contributed by atoms with Gasteiger partial charge in [-0.05, 0) is 29.3 Å². The maximum atomic E-state index is 12.4. The van der Waals surface area contributed by atoms with Crippen LogP contribution in [0.25, 0.3) is 11.1 Å². The average Bonchev–Trinajstić information content (AvgIpc) is 2.67. The number of para-hydroxylation sites is 1. The molecule has 2 N–H and O–H groups in total. The van der Waals surface area contributed by atoms with Crippen LogP contribution in [-0.2, 0) is 4.84 Å². The van der Waals surface area contributed by atoms with E-state index in [-0.39, 0.29) is 5.56 Å². The fourth-order valence-electron chi connectivity index (χ4n) is 2.50. The summed E-state index contributed by atoms with van der Waals surface area (Å²) >= 11 is 0. The summed E-state index contributed by atoms with van der Waals surface area (Å²) < 4.78 is 0. The summed E-state index contributed by atoms with van der Waals surface area (Å²) in [5.74, 6) is -0.455. The van der Waals surface area contributed by atoms with Gasteiger partial charge in [0.2, 0.25) is 0 Å². The van der Waals surface area contributed by atoms with E-state index in [0.29, 0.717) is 5.69 Å². The second kappa shape index (κ2) is 7.94. The zero-order valence-electron chi connectivity index (χ0n) is 14.1. The number of carbonyl (C=O) groups is 1. The molecule has 0 radical (unpaired) electrons. The van der Waals surface area contributed by atoms with E-state index in [1.807, 2.05) is 42.5 Å². The van der Waals surface area contributed by atoms with E-state index in [1.54, 1.807) is 18.3 Å². The second-order valence-corrected chi connectivity index (χ2v) is 5.45. The minimum absolute atomic E-state index is 0.0634. The number of carbonyl (C=O) groups excluding carboxylic acids is 1. The predicted octanol–water partition coefficient (Wildman–Crippen LogP) is 3.27. The molecule has 0 atom stereocenters. The van der Waals surface area contributed by atoms with E-state index in [9.17, 15) is 9.59 Å². The average molecular weight is 347 g/mol. The molecule has 1 aromatic heterocycles. The highest BCUT2D eigenvalue weighted by Gasteiger charge is 2.12. The number of aromatic amines is 1. The van der Waals surface area contributed by atoms with Gasteiger partial charge in [0.25, 0.3) is 11.5 Å². The van der Waals surface area contributed by atoms with Crippen molar-refractivity contribution in [2.75, 3.05) is 12.4 Å². The maximum Gasteiger partial charge on any atom is 0.261 e. The van der Waals surface area contributed by atoms with Crippen LogP contribution in [0.15, 0.2) is 76.8 Å². The van der Waals surface area contributed by atoms with E-state index in [1.165, 1.54) is 19.4 Å². The van der Waals surface area contributed by atoms with Gasteiger partial charge in [-0.25, -0.2) is 0 Å². The van der Waals surface area contributed by atoms with Crippen molar-refractivity contribution in [3.05, 3.63) is 88.3 Å². The molecule has 0 aliphatic heterocycles. The highest BCUT2D eigenvalue weighted by molar-refractivity contribution is 6.06. The Morgan fingerprint density at radius 3 is 2.58 bits per heavy atom. The Bertz CT molecular complexity index is 991. The molecule has 1 heterocycles. The highest BCUT2D eigenvalue weighted by Crippen LogP contribution is 2.28. The highest BCUT2D eigenvalue weighted by atomic mass is 16.6. The number of oxime groups is 1. The van der Waals surface area contributed by atoms with Crippen molar-refractivity contribution in [2.24, 2.45) is 5.16 Å². The smallest absolute Gasteiger partial charge is 0.261 e. The van der Waals surface area contributed by atoms with Gasteiger partial charge >= 0.3 is 0 Å². The molecular formula is C20H17N3O3. The first-order valence-electron chi connectivity index (χ1n) is 7.94. The Labute approximate surface area is 150 Å². The lowest BCUT2D eigenvalue weighted by molar-refractivity contribution is 0.102. The van der Waals surface area contributed by atoms with Crippen LogP contribution in [0.1, 0.15) is 15.9 Å². The molecule has 26 heavy (non-hydrogen) atoms. The van der Waals surface area contributed by atoms with Crippen LogP contribution in [-0.4, -0.2) is 24.2 Å². The van der Waals surface area contributed by atoms with Crippen molar-refractivity contribution >= 4 is 17.8 Å². The Hall–Kier alpha value is -3.67. The molecule has 0 aliphatic carbocycles. The molecule has 1 amide bonds. The van der Waals surface area contributed by atoms with Crippen molar-refractivity contribution in [2.45, 2.75) is 0 Å². The fourth-order valence-corrected chi connectivity index (χ4v) is 2.50. The van der Waals surface area contributed by atoms with Gasteiger partial charge in [0.05, 0.1) is 6.21 Å². The third-order valence-electron chi connectivity index (χ3n) is 3.77. The van der Waals surface area contributed by atoms with Crippen LogP contribution in [0, 0.1) is 0 Å². The van der Waals surface area contributed by atoms with Crippen LogP contribution in [0.4, 0.5) is 5.69 Å². The number of H-pyrrole nitrogens is 1. The van der Waals surface area contributed by atoms with Gasteiger partial charge in [0.1, 0.15) is 12.7 Å². The largest absolute Gasteiger partial charge is 0.399 e. The molecule has 0 unspecified atom stereocenters. The van der Waals surface area contributed by atoms with Gasteiger partial charge in [-0.3, -0.25) is 9.59 Å². The molecule has 0 saturated carbocycles. The summed E-state index contributed by atoms with van der Waals surface area (Å²) in [6, 6.07) is 18.2. The minimum atomic E-state index is -0.455. The zero-order chi connectivity index (χ0) is 18.4. The molecule has 0 spiro atoms. The summed E-state index contributed by atoms with van der Waals surface area (Å²) in [6.07, 6.45) is 3.10. The fraction of sp³-hybridized carbons (Fsp3) is 0.0500. The molecule has 6 heteroatoms. The summed E-state index contributed by atoms with van der Waals surface area (Å²) in [4.78, 5) is 31.4. The molecule has 0 bridgehead atoms. The topological polar surface area (TPSA) is 83.5 Å². The monoisotopic (exact) mass is 347 g/mol. The number of rotatable bonds is 5. The Morgan fingerprint density at radius 2 is 1.85 bits per heavy atom. The summed E-state index contributed by atoms with van der Waals surface area (Å²) in [5.41, 5.74) is 2.94. The number of nitrogens with one attached hydrogen (secondary N) is 2. The number of aromatic nitrogens is 1. The van der Waals surface area contributed by atoms with Gasteiger partial charge in [0.15, 0.2) is 0 Å². The maximum absolute atomic E-state index is 12.4. The quantitative estimate of drug-likeness (QED) is 0.549. The van der Waals surface area contributed by atoms with Crippen molar-refractivity contribution < 1.29 is 9.63 Å². The molecule has 3 rings (SSSR count). The number of anilines is 1. The summed E-state index contributed by atoms with van der Waals surface area (Å²) in [6.45, 7) is 0. The van der Waals surface area contributed by atoms with Crippen LogP contribution in [0.2, 0.25) is 0 Å². The minimum Gasteiger partial charge on any atom is -0.399 e. The SMILES string of the molecule is CO/N=C\c1ccc(-c2ccccc2NC(=O)c2ccc[nH]c2=O)cc1. The lowest BCUT2D eigenvalue weighted by Gasteiger charge is -2.11. The van der Waals surface area contributed by atoms with E-state index < -0.39 is 11.5 Å². The first kappa shape index (κ1) is 17.2. The molecule has 130 valence electrons. The molecule has 3 aromatic rings. The van der Waals surface area contributed by atoms with E-state index in [2.05, 4.69) is 20.3 Å². The molecule has 2 aromatic carbocycles. The standard InChI is InChI=1S/C20H17N3O3/c1-26-22-13-14-8-10-15(11-9-14)16-5-2-3-7-18(16)23-20(25)17-6-4-12-21-19(17)24/h2-13H,1H3,(H,21,24)(H,23,25)/b22-13-. The number of amides is 1. The molecule has 6 nitrogen and oxygen atoms in total. The lowest BCUT2D eigenvalue weighted by atomic mass is 10.0. The normalized spacial score (nSPS) is 10.7. The van der Waals surface area contributed by atoms with Gasteiger partial charge < -0.3 is 15.1 Å². The van der Waals surface area contributed by atoms with Gasteiger partial charge in [0, 0.05) is 17.4 Å². The second-order valence-electron chi connectivity index (χ2n) is 5.45. The number of benzene rings is 2. The van der Waals surface area contributed by atoms with Crippen LogP contribution < -0.4 is 10.9 Å². The van der Waals surface area contributed by atoms with Gasteiger partial charge in [-0.1, -0.05) is 47.6 Å². The number of hydrogen-bond donors (Lipinski definition) is 2. The van der Waals surface area contributed by atoms with Gasteiger partial charge in [-0.15, -0.1) is 0 Å². The van der Waals surface area contributed by atoms with Gasteiger partial charge in [-0.2, -0.15) is 0 Å². The van der Waals surface area contributed by atoms with E-state index in [4.69, 9.17) is 0 Å². The molecule has 0 fully saturated rings. The predicted molar refractivity (Wildman–Crippen MR) is 101 cm³/mol. The number of nitrogens with zero attached hydrogens (tertiary/aromatic N) is 1. The third-order valence-corrected chi connectivity index (χ3v) is 3.77. The van der Waals surface area contributed by atoms with Crippen molar-refractivity contribution in [1.82, 2.24) is 4.98 Å². The van der Waals surface area contributed by atoms with Crippen molar-refractivity contribution in [1.29, 1.82) is 0 Å². The Morgan fingerprint density at radius 1 is 1.08 bits per heavy atom. The number of hydrogen-bond acceptors (Lipinski definition) is 4. The third kappa shape index (κ3) is 3.87. The summed E-state index contributed by atoms with van der Waals surface area (Å²) in [5, 5.41) is 6.54. The van der Waals surface area contributed by atoms with Crippen LogP contribution in [0.5, 0.6) is 0 Å². The Balaban J connectivity index is 1.89. The Kier molecular flexibility index (Phi) is 5.24. The number of pyridine rings is 1. The lowest BCUT2D eigenvalue weighted by Crippen LogP contribution is -2.22. The molecular weight excluding hydrogens is 330 g/mol. The van der Waals surface area contributed by atoms with Crippen molar-refractivity contribution in [3.63, 3.8) is 0 Å². The first-order valence-corrected chi connectivity index (χ1v) is 7.94. The van der Waals surface area contributed by atoms with Crippen LogP contribution in [0.3, 0.4) is 0 Å². The zero-order valence-corrected chi connectivity index (χ0v) is 14.1. The first-order chi connectivity index (χ1) is 12.7. The van der Waals surface area contributed by atoms with E-state index >= 15 is 0 Å². The van der Waals surface area contributed by atoms with Crippen molar-refractivity contribution in [3.8, 4) is 11.1 Å².